The molecule has 1 aliphatic heterocycles. The maximum Gasteiger partial charge on any atom is 0.387 e. The van der Waals surface area contributed by atoms with E-state index in [1.807, 2.05) is 4.90 Å². The lowest BCUT2D eigenvalue weighted by Crippen LogP contribution is -2.47. The van der Waals surface area contributed by atoms with Crippen molar-refractivity contribution in [2.75, 3.05) is 45.3 Å². The van der Waals surface area contributed by atoms with Gasteiger partial charge in [-0.25, -0.2) is 14.2 Å². The maximum absolute atomic E-state index is 13.5. The quantitative estimate of drug-likeness (QED) is 0.217. The minimum atomic E-state index is -3.09. The highest BCUT2D eigenvalue weighted by Crippen LogP contribution is 2.51. The number of halogens is 3. The number of carboxylic acid groups (broad SMARTS) is 1. The number of aliphatic carboxylic acids is 1. The Morgan fingerprint density at radius 3 is 2.72 bits per heavy atom. The molecule has 1 fully saturated rings. The van der Waals surface area contributed by atoms with E-state index in [4.69, 9.17) is 9.72 Å². The van der Waals surface area contributed by atoms with Crippen LogP contribution in [0, 0.1) is 0 Å². The number of carbonyl (C=O) groups excluding carboxylic acids is 1. The molecule has 4 rings (SSSR count). The highest BCUT2D eigenvalue weighted by atomic mass is 19.3. The molecule has 13 heteroatoms. The third kappa shape index (κ3) is 8.79. The number of rotatable bonds is 18. The maximum atomic E-state index is 13.5. The van der Waals surface area contributed by atoms with Gasteiger partial charge in [0.25, 0.3) is 0 Å². The van der Waals surface area contributed by atoms with Gasteiger partial charge in [0, 0.05) is 44.2 Å². The van der Waals surface area contributed by atoms with Crippen LogP contribution in [0.15, 0.2) is 30.6 Å². The fraction of sp³-hybridized carbons (Fsp3) is 0.600. The fourth-order valence-electron chi connectivity index (χ4n) is 5.49. The first-order valence-corrected chi connectivity index (χ1v) is 14.7. The molecule has 0 radical (unpaired) electrons. The zero-order valence-corrected chi connectivity index (χ0v) is 24.4. The van der Waals surface area contributed by atoms with Crippen molar-refractivity contribution >= 4 is 17.7 Å². The van der Waals surface area contributed by atoms with Crippen LogP contribution in [0.25, 0.3) is 0 Å². The number of aromatic nitrogens is 2. The molecule has 0 unspecified atom stereocenters. The summed E-state index contributed by atoms with van der Waals surface area (Å²) in [5.41, 5.74) is 1.32. The number of alkyl halides is 3. The Morgan fingerprint density at radius 2 is 2.02 bits per heavy atom. The average Bonchev–Trinajstić information content (AvgIpc) is 3.81. The Bertz CT molecular complexity index is 1230. The van der Waals surface area contributed by atoms with Crippen molar-refractivity contribution in [1.82, 2.24) is 20.2 Å². The van der Waals surface area contributed by atoms with E-state index in [1.165, 1.54) is 24.9 Å². The lowest BCUT2D eigenvalue weighted by Gasteiger charge is -2.28. The standard InChI is InChI=1S/C30H40F3N5O5/c1-42-22(17-31)19-38(15-3-2-6-21-8-7-20-5-4-13-35-26(20)36-21)16-10-24(27(39)40)37-28(41)30(11-12-30)23-9-14-34-18-25(23)43-29(32)33/h7-9,14,18,22,24,29H,2-6,10-13,15-17,19H2,1H3,(H,35,36)(H,37,41)(H,39,40)/t22-,24+/m1/s1. The molecule has 2 aliphatic rings. The van der Waals surface area contributed by atoms with Gasteiger partial charge in [-0.15, -0.1) is 0 Å². The van der Waals surface area contributed by atoms with Crippen LogP contribution in [-0.2, 0) is 32.6 Å². The van der Waals surface area contributed by atoms with Gasteiger partial charge in [-0.1, -0.05) is 6.07 Å². The van der Waals surface area contributed by atoms with Gasteiger partial charge in [0.1, 0.15) is 24.3 Å². The zero-order chi connectivity index (χ0) is 30.8. The van der Waals surface area contributed by atoms with Gasteiger partial charge in [0.15, 0.2) is 0 Å². The van der Waals surface area contributed by atoms with Crippen LogP contribution < -0.4 is 15.4 Å². The first-order chi connectivity index (χ1) is 20.8. The number of pyridine rings is 2. The third-order valence-corrected chi connectivity index (χ3v) is 8.11. The van der Waals surface area contributed by atoms with Gasteiger partial charge in [-0.3, -0.25) is 9.78 Å². The number of anilines is 1. The van der Waals surface area contributed by atoms with E-state index in [1.54, 1.807) is 0 Å². The summed E-state index contributed by atoms with van der Waals surface area (Å²) in [7, 11) is 1.43. The summed E-state index contributed by atoms with van der Waals surface area (Å²) in [5, 5.41) is 15.8. The summed E-state index contributed by atoms with van der Waals surface area (Å²) in [4.78, 5) is 35.9. The minimum Gasteiger partial charge on any atom is -0.480 e. The molecule has 43 heavy (non-hydrogen) atoms. The number of amides is 1. The van der Waals surface area contributed by atoms with Crippen molar-refractivity contribution in [3.05, 3.63) is 47.4 Å². The third-order valence-electron chi connectivity index (χ3n) is 8.11. The number of carbonyl (C=O) groups is 2. The van der Waals surface area contributed by atoms with Crippen LogP contribution in [0.3, 0.4) is 0 Å². The van der Waals surface area contributed by atoms with E-state index in [2.05, 4.69) is 32.5 Å². The number of ether oxygens (including phenoxy) is 2. The Labute approximate surface area is 249 Å². The van der Waals surface area contributed by atoms with Crippen molar-refractivity contribution in [3.8, 4) is 5.75 Å². The predicted octanol–water partition coefficient (Wildman–Crippen LogP) is 3.74. The Hall–Kier alpha value is -3.45. The molecular weight excluding hydrogens is 567 g/mol. The van der Waals surface area contributed by atoms with Crippen LogP contribution in [-0.4, -0.2) is 90.6 Å². The Morgan fingerprint density at radius 1 is 1.21 bits per heavy atom. The first-order valence-electron chi connectivity index (χ1n) is 14.7. The van der Waals surface area contributed by atoms with Gasteiger partial charge in [0.2, 0.25) is 5.91 Å². The van der Waals surface area contributed by atoms with Crippen LogP contribution in [0.1, 0.15) is 55.3 Å². The van der Waals surface area contributed by atoms with Gasteiger partial charge >= 0.3 is 12.6 Å². The van der Waals surface area contributed by atoms with Gasteiger partial charge in [0.05, 0.1) is 17.7 Å². The molecule has 10 nitrogen and oxygen atoms in total. The summed E-state index contributed by atoms with van der Waals surface area (Å²) in [6.45, 7) is -1.73. The zero-order valence-electron chi connectivity index (χ0n) is 24.4. The number of nitrogens with zero attached hydrogens (tertiary/aromatic N) is 3. The highest BCUT2D eigenvalue weighted by molar-refractivity contribution is 5.94. The lowest BCUT2D eigenvalue weighted by atomic mass is 9.94. The van der Waals surface area contributed by atoms with Crippen molar-refractivity contribution in [1.29, 1.82) is 0 Å². The van der Waals surface area contributed by atoms with E-state index in [0.29, 0.717) is 19.4 Å². The van der Waals surface area contributed by atoms with Crippen molar-refractivity contribution in [2.24, 2.45) is 0 Å². The second kappa shape index (κ2) is 15.3. The number of hydrogen-bond acceptors (Lipinski definition) is 8. The van der Waals surface area contributed by atoms with E-state index in [9.17, 15) is 27.9 Å². The first kappa shape index (κ1) is 32.5. The SMILES string of the molecule is CO[C@H](CF)CN(CCCCc1ccc2c(n1)NCCC2)CC[C@H](NC(=O)C1(c2ccncc2OC(F)F)CC1)C(=O)O. The Balaban J connectivity index is 1.34. The van der Waals surface area contributed by atoms with E-state index in [-0.39, 0.29) is 30.8 Å². The van der Waals surface area contributed by atoms with E-state index in [0.717, 1.165) is 56.4 Å². The van der Waals surface area contributed by atoms with Crippen molar-refractivity contribution < 1.29 is 37.3 Å². The summed E-state index contributed by atoms with van der Waals surface area (Å²) < 4.78 is 49.2. The molecule has 3 heterocycles. The average molecular weight is 608 g/mol. The van der Waals surface area contributed by atoms with Gasteiger partial charge in [-0.2, -0.15) is 8.78 Å². The molecule has 236 valence electrons. The second-order valence-electron chi connectivity index (χ2n) is 11.1. The molecule has 0 aromatic carbocycles. The summed E-state index contributed by atoms with van der Waals surface area (Å²) in [5.74, 6) is -1.04. The van der Waals surface area contributed by atoms with E-state index < -0.39 is 42.7 Å². The largest absolute Gasteiger partial charge is 0.480 e. The molecule has 0 spiro atoms. The van der Waals surface area contributed by atoms with Crippen LogP contribution in [0.5, 0.6) is 5.75 Å². The van der Waals surface area contributed by atoms with E-state index >= 15 is 0 Å². The van der Waals surface area contributed by atoms with Gasteiger partial charge < -0.3 is 30.1 Å². The monoisotopic (exact) mass is 607 g/mol. The van der Waals surface area contributed by atoms with Crippen LogP contribution in [0.4, 0.5) is 19.0 Å². The Kier molecular flexibility index (Phi) is 11.6. The number of hydrogen-bond donors (Lipinski definition) is 3. The second-order valence-corrected chi connectivity index (χ2v) is 11.1. The van der Waals surface area contributed by atoms with Crippen molar-refractivity contribution in [3.63, 3.8) is 0 Å². The summed E-state index contributed by atoms with van der Waals surface area (Å²) >= 11 is 0. The molecular formula is C30H40F3N5O5. The fourth-order valence-corrected chi connectivity index (χ4v) is 5.49. The lowest BCUT2D eigenvalue weighted by molar-refractivity contribution is -0.142. The predicted molar refractivity (Wildman–Crippen MR) is 153 cm³/mol. The molecule has 2 aromatic heterocycles. The topological polar surface area (TPSA) is 126 Å². The van der Waals surface area contributed by atoms with Crippen LogP contribution in [0.2, 0.25) is 0 Å². The molecule has 2 atom stereocenters. The van der Waals surface area contributed by atoms with Gasteiger partial charge in [-0.05, 0) is 75.6 Å². The number of nitrogens with one attached hydrogen (secondary N) is 2. The molecule has 1 amide bonds. The number of fused-ring (bicyclic) bond motifs is 1. The number of aryl methyl sites for hydroxylation is 2. The molecule has 3 N–H and O–H groups in total. The normalized spacial score (nSPS) is 16.7. The number of methoxy groups -OCH3 is 1. The summed E-state index contributed by atoms with van der Waals surface area (Å²) in [6, 6.07) is 4.38. The molecule has 1 saturated carbocycles. The smallest absolute Gasteiger partial charge is 0.387 e. The highest BCUT2D eigenvalue weighted by Gasteiger charge is 2.53. The molecule has 2 aromatic rings. The van der Waals surface area contributed by atoms with Crippen LogP contribution >= 0.6 is 0 Å². The number of unbranched alkanes of at least 4 members (excludes halogenated alkanes) is 1. The molecule has 1 aliphatic carbocycles. The molecule has 0 bridgehead atoms. The number of carboxylic acids is 1. The van der Waals surface area contributed by atoms with Crippen molar-refractivity contribution in [2.45, 2.75) is 75.5 Å². The summed E-state index contributed by atoms with van der Waals surface area (Å²) in [6.07, 6.45) is 7.14. The minimum absolute atomic E-state index is 0.0641. The molecule has 0 saturated heterocycles.